The van der Waals surface area contributed by atoms with Crippen LogP contribution in [0.4, 0.5) is 11.6 Å². The number of aromatic nitrogens is 2. The lowest BCUT2D eigenvalue weighted by molar-refractivity contribution is -0.113. The van der Waals surface area contributed by atoms with Gasteiger partial charge in [-0.15, -0.1) is 0 Å². The van der Waals surface area contributed by atoms with E-state index in [1.54, 1.807) is 42.5 Å². The molecule has 1 aliphatic heterocycles. The molecule has 1 aliphatic rings. The first-order valence-corrected chi connectivity index (χ1v) is 11.3. The predicted octanol–water partition coefficient (Wildman–Crippen LogP) is 5.72. The van der Waals surface area contributed by atoms with Gasteiger partial charge in [0.25, 0.3) is 5.91 Å². The molecule has 8 heteroatoms. The second kappa shape index (κ2) is 8.76. The van der Waals surface area contributed by atoms with Crippen LogP contribution in [0.2, 0.25) is 5.02 Å². The zero-order valence-electron chi connectivity index (χ0n) is 18.7. The van der Waals surface area contributed by atoms with Crippen LogP contribution in [0.1, 0.15) is 25.5 Å². The number of ether oxygens (including phenoxy) is 1. The number of rotatable bonds is 5. The highest BCUT2D eigenvalue weighted by Crippen LogP contribution is 2.41. The topological polar surface area (TPSA) is 88.4 Å². The fourth-order valence-electron chi connectivity index (χ4n) is 4.28. The minimum absolute atomic E-state index is 0.0446. The van der Waals surface area contributed by atoms with Crippen LogP contribution in [0.5, 0.6) is 11.5 Å². The molecule has 0 radical (unpaired) electrons. The zero-order valence-corrected chi connectivity index (χ0v) is 19.4. The van der Waals surface area contributed by atoms with Crippen LogP contribution in [0.15, 0.2) is 78.0 Å². The second-order valence-corrected chi connectivity index (χ2v) is 8.42. The molecule has 4 aromatic rings. The summed E-state index contributed by atoms with van der Waals surface area (Å²) in [6.07, 6.45) is 0. The first kappa shape index (κ1) is 21.9. The molecule has 5 rings (SSSR count). The summed E-state index contributed by atoms with van der Waals surface area (Å²) in [6, 6.07) is 19.4. The standard InChI is InChI=1S/C26H23ClN4O3/c1-3-34-22-14-16(8-13-21(22)32)24-23(25(33)29-18-11-9-17(27)10-12-18)15(2)28-26-30-19-6-4-5-7-20(19)31(24)26/h4-14,24,32H,3H2,1-2H3,(H,28,30)(H,29,33)/t24-/m0/s1. The van der Waals surface area contributed by atoms with Gasteiger partial charge in [0.1, 0.15) is 0 Å². The molecule has 0 saturated carbocycles. The number of hydrogen-bond acceptors (Lipinski definition) is 5. The van der Waals surface area contributed by atoms with Gasteiger partial charge in [0.15, 0.2) is 11.5 Å². The normalized spacial score (nSPS) is 15.1. The summed E-state index contributed by atoms with van der Waals surface area (Å²) in [7, 11) is 0. The van der Waals surface area contributed by atoms with E-state index in [1.165, 1.54) is 0 Å². The van der Waals surface area contributed by atoms with Crippen molar-refractivity contribution in [3.8, 4) is 11.5 Å². The van der Waals surface area contributed by atoms with Gasteiger partial charge in [-0.25, -0.2) is 4.98 Å². The van der Waals surface area contributed by atoms with Gasteiger partial charge in [-0.05, 0) is 67.9 Å². The van der Waals surface area contributed by atoms with Crippen molar-refractivity contribution in [3.05, 3.63) is 88.6 Å². The van der Waals surface area contributed by atoms with E-state index in [2.05, 4.69) is 10.6 Å². The number of carbonyl (C=O) groups is 1. The molecule has 2 heterocycles. The van der Waals surface area contributed by atoms with Crippen molar-refractivity contribution in [2.75, 3.05) is 17.2 Å². The highest BCUT2D eigenvalue weighted by Gasteiger charge is 2.34. The summed E-state index contributed by atoms with van der Waals surface area (Å²) in [5, 5.41) is 17.1. The van der Waals surface area contributed by atoms with Gasteiger partial charge in [-0.3, -0.25) is 9.36 Å². The molecule has 7 nitrogen and oxygen atoms in total. The number of imidazole rings is 1. The van der Waals surface area contributed by atoms with Crippen molar-refractivity contribution in [1.29, 1.82) is 0 Å². The summed E-state index contributed by atoms with van der Waals surface area (Å²) < 4.78 is 7.64. The summed E-state index contributed by atoms with van der Waals surface area (Å²) in [5.41, 5.74) is 4.32. The Hall–Kier alpha value is -3.97. The van der Waals surface area contributed by atoms with E-state index in [-0.39, 0.29) is 11.7 Å². The fraction of sp³-hybridized carbons (Fsp3) is 0.154. The maximum absolute atomic E-state index is 13.6. The van der Waals surface area contributed by atoms with Gasteiger partial charge >= 0.3 is 0 Å². The van der Waals surface area contributed by atoms with Crippen molar-refractivity contribution < 1.29 is 14.6 Å². The van der Waals surface area contributed by atoms with Crippen molar-refractivity contribution in [2.45, 2.75) is 19.9 Å². The SMILES string of the molecule is CCOc1cc([C@H]2C(C(=O)Nc3ccc(Cl)cc3)=C(C)Nc3nc4ccccc4n32)ccc1O. The Bertz CT molecular complexity index is 1430. The maximum atomic E-state index is 13.6. The van der Waals surface area contributed by atoms with E-state index in [9.17, 15) is 9.90 Å². The number of phenolic OH excluding ortho intramolecular Hbond substituents is 1. The minimum atomic E-state index is -0.504. The van der Waals surface area contributed by atoms with Crippen molar-refractivity contribution in [1.82, 2.24) is 9.55 Å². The number of para-hydroxylation sites is 2. The van der Waals surface area contributed by atoms with Crippen LogP contribution in [0, 0.1) is 0 Å². The average molecular weight is 475 g/mol. The van der Waals surface area contributed by atoms with Crippen molar-refractivity contribution >= 4 is 40.2 Å². The van der Waals surface area contributed by atoms with E-state index in [0.29, 0.717) is 40.3 Å². The number of halogens is 1. The van der Waals surface area contributed by atoms with Crippen molar-refractivity contribution in [3.63, 3.8) is 0 Å². The summed E-state index contributed by atoms with van der Waals surface area (Å²) in [6.45, 7) is 4.12. The highest BCUT2D eigenvalue weighted by molar-refractivity contribution is 6.30. The van der Waals surface area contributed by atoms with Gasteiger partial charge in [0.05, 0.1) is 29.3 Å². The number of fused-ring (bicyclic) bond motifs is 3. The molecule has 1 atom stereocenters. The molecule has 172 valence electrons. The van der Waals surface area contributed by atoms with Crippen LogP contribution in [0.3, 0.4) is 0 Å². The van der Waals surface area contributed by atoms with E-state index in [1.807, 2.05) is 42.7 Å². The smallest absolute Gasteiger partial charge is 0.255 e. The van der Waals surface area contributed by atoms with Crippen LogP contribution >= 0.6 is 11.6 Å². The molecule has 0 unspecified atom stereocenters. The molecule has 0 spiro atoms. The van der Waals surface area contributed by atoms with Gasteiger partial charge in [-0.2, -0.15) is 0 Å². The van der Waals surface area contributed by atoms with Crippen LogP contribution < -0.4 is 15.4 Å². The van der Waals surface area contributed by atoms with Gasteiger partial charge < -0.3 is 20.5 Å². The quantitative estimate of drug-likeness (QED) is 0.344. The lowest BCUT2D eigenvalue weighted by Gasteiger charge is -2.31. The molecule has 3 N–H and O–H groups in total. The zero-order chi connectivity index (χ0) is 23.8. The molecule has 0 bridgehead atoms. The largest absolute Gasteiger partial charge is 0.504 e. The van der Waals surface area contributed by atoms with E-state index < -0.39 is 6.04 Å². The second-order valence-electron chi connectivity index (χ2n) is 7.98. The molecular formula is C26H23ClN4O3. The van der Waals surface area contributed by atoms with Crippen LogP contribution in [0.25, 0.3) is 11.0 Å². The van der Waals surface area contributed by atoms with Crippen LogP contribution in [-0.4, -0.2) is 27.2 Å². The monoisotopic (exact) mass is 474 g/mol. The molecule has 1 amide bonds. The fourth-order valence-corrected chi connectivity index (χ4v) is 4.40. The molecule has 1 aromatic heterocycles. The Morgan fingerprint density at radius 3 is 2.71 bits per heavy atom. The summed E-state index contributed by atoms with van der Waals surface area (Å²) >= 11 is 6.00. The van der Waals surface area contributed by atoms with Gasteiger partial charge in [-0.1, -0.05) is 29.8 Å². The Labute approximate surface area is 201 Å². The highest BCUT2D eigenvalue weighted by atomic mass is 35.5. The number of carbonyl (C=O) groups excluding carboxylic acids is 1. The van der Waals surface area contributed by atoms with Crippen molar-refractivity contribution in [2.24, 2.45) is 0 Å². The molecule has 34 heavy (non-hydrogen) atoms. The molecule has 0 aliphatic carbocycles. The van der Waals surface area contributed by atoms with E-state index >= 15 is 0 Å². The third kappa shape index (κ3) is 3.84. The number of hydrogen-bond donors (Lipinski definition) is 3. The third-order valence-corrected chi connectivity index (χ3v) is 6.03. The number of aromatic hydroxyl groups is 1. The summed E-state index contributed by atoms with van der Waals surface area (Å²) in [5.74, 6) is 0.785. The van der Waals surface area contributed by atoms with E-state index in [0.717, 1.165) is 16.6 Å². The Balaban J connectivity index is 1.67. The third-order valence-electron chi connectivity index (χ3n) is 5.78. The molecule has 3 aromatic carbocycles. The average Bonchev–Trinajstić information content (AvgIpc) is 3.19. The summed E-state index contributed by atoms with van der Waals surface area (Å²) in [4.78, 5) is 18.4. The number of amides is 1. The number of nitrogens with one attached hydrogen (secondary N) is 2. The maximum Gasteiger partial charge on any atom is 0.255 e. The first-order chi connectivity index (χ1) is 16.5. The number of allylic oxidation sites excluding steroid dienone is 1. The Morgan fingerprint density at radius 2 is 1.94 bits per heavy atom. The number of nitrogens with zero attached hydrogens (tertiary/aromatic N) is 2. The van der Waals surface area contributed by atoms with Gasteiger partial charge in [0.2, 0.25) is 5.95 Å². The number of phenols is 1. The Kier molecular flexibility index (Phi) is 5.63. The lowest BCUT2D eigenvalue weighted by Crippen LogP contribution is -2.31. The number of benzene rings is 3. The lowest BCUT2D eigenvalue weighted by atomic mass is 9.94. The molecular weight excluding hydrogens is 452 g/mol. The molecule has 0 saturated heterocycles. The van der Waals surface area contributed by atoms with E-state index in [4.69, 9.17) is 21.3 Å². The first-order valence-electron chi connectivity index (χ1n) is 10.9. The minimum Gasteiger partial charge on any atom is -0.504 e. The predicted molar refractivity (Wildman–Crippen MR) is 134 cm³/mol. The Morgan fingerprint density at radius 1 is 1.18 bits per heavy atom. The van der Waals surface area contributed by atoms with Crippen LogP contribution in [-0.2, 0) is 4.79 Å². The number of anilines is 2. The van der Waals surface area contributed by atoms with Gasteiger partial charge in [0, 0.05) is 16.4 Å². The molecule has 0 fully saturated rings.